The first-order valence-corrected chi connectivity index (χ1v) is 13.4. The molecule has 1 aliphatic carbocycles. The molecule has 0 saturated carbocycles. The first-order valence-electron chi connectivity index (χ1n) is 9.52. The highest BCUT2D eigenvalue weighted by molar-refractivity contribution is 7.94. The number of para-hydroxylation sites is 1. The first-order chi connectivity index (χ1) is 15.3. The van der Waals surface area contributed by atoms with E-state index in [1.165, 1.54) is 18.2 Å². The van der Waals surface area contributed by atoms with Gasteiger partial charge in [0.1, 0.15) is 4.21 Å². The zero-order valence-corrected chi connectivity index (χ0v) is 19.1. The van der Waals surface area contributed by atoms with Gasteiger partial charge in [0, 0.05) is 0 Å². The summed E-state index contributed by atoms with van der Waals surface area (Å²) < 4.78 is 52.9. The predicted molar refractivity (Wildman–Crippen MR) is 124 cm³/mol. The van der Waals surface area contributed by atoms with Gasteiger partial charge in [0.05, 0.1) is 16.2 Å². The number of hydrogen-bond acceptors (Lipinski definition) is 6. The van der Waals surface area contributed by atoms with Crippen molar-refractivity contribution in [2.24, 2.45) is 0 Å². The van der Waals surface area contributed by atoms with E-state index >= 15 is 0 Å². The molecule has 1 amide bonds. The lowest BCUT2D eigenvalue weighted by Gasteiger charge is -2.17. The maximum Gasteiger partial charge on any atom is 0.271 e. The molecule has 0 atom stereocenters. The van der Waals surface area contributed by atoms with Crippen LogP contribution in [0.2, 0.25) is 0 Å². The number of rotatable bonds is 7. The molecule has 0 aliphatic heterocycles. The predicted octanol–water partition coefficient (Wildman–Crippen LogP) is 3.10. The second-order valence-corrected chi connectivity index (χ2v) is 11.5. The van der Waals surface area contributed by atoms with E-state index in [1.807, 2.05) is 24.3 Å². The lowest BCUT2D eigenvalue weighted by molar-refractivity contribution is 0.0946. The van der Waals surface area contributed by atoms with Crippen LogP contribution in [0.5, 0.6) is 0 Å². The fourth-order valence-electron chi connectivity index (χ4n) is 3.25. The maximum absolute atomic E-state index is 12.7. The fourth-order valence-corrected chi connectivity index (χ4v) is 6.33. The summed E-state index contributed by atoms with van der Waals surface area (Å²) in [6.45, 7) is 0. The van der Waals surface area contributed by atoms with E-state index in [1.54, 1.807) is 29.7 Å². The van der Waals surface area contributed by atoms with Crippen LogP contribution in [-0.2, 0) is 26.5 Å². The molecule has 8 nitrogen and oxygen atoms in total. The van der Waals surface area contributed by atoms with E-state index in [4.69, 9.17) is 0 Å². The van der Waals surface area contributed by atoms with Crippen LogP contribution < -0.4 is 15.0 Å². The van der Waals surface area contributed by atoms with Crippen molar-refractivity contribution in [1.29, 1.82) is 0 Å². The molecule has 2 aromatic carbocycles. The fraction of sp³-hybridized carbons (Fsp3) is 0.0952. The van der Waals surface area contributed by atoms with Crippen LogP contribution in [0, 0.1) is 0 Å². The molecule has 0 spiro atoms. The van der Waals surface area contributed by atoms with Crippen molar-refractivity contribution >= 4 is 49.1 Å². The Morgan fingerprint density at radius 3 is 2.38 bits per heavy atom. The molecule has 4 rings (SSSR count). The number of sulfonamides is 2. The number of carbonyl (C=O) groups excluding carboxylic acids is 1. The number of fused-ring (bicyclic) bond motifs is 1. The molecule has 1 aliphatic rings. The lowest BCUT2D eigenvalue weighted by atomic mass is 9.98. The van der Waals surface area contributed by atoms with E-state index in [9.17, 15) is 21.6 Å². The summed E-state index contributed by atoms with van der Waals surface area (Å²) in [5, 5.41) is 1.63. The zero-order chi connectivity index (χ0) is 22.8. The average Bonchev–Trinajstić information content (AvgIpc) is 3.33. The molecule has 11 heteroatoms. The first kappa shape index (κ1) is 22.2. The standard InChI is InChI=1S/C21H19N3O5S3/c25-21(18-8-3-4-9-19(18)23-32(28,29)20-10-5-13-30-20)22-24-31(26,27)17-12-11-15-6-1-2-7-16(15)14-17/h1-10,13-14,23-24H,11-12H2,(H,22,25). The van der Waals surface area contributed by atoms with Crippen molar-refractivity contribution in [3.05, 3.63) is 87.6 Å². The van der Waals surface area contributed by atoms with Gasteiger partial charge in [0.25, 0.3) is 26.0 Å². The number of aryl methyl sites for hydroxylation is 1. The molecule has 0 fully saturated rings. The van der Waals surface area contributed by atoms with E-state index in [0.29, 0.717) is 12.8 Å². The van der Waals surface area contributed by atoms with Crippen LogP contribution in [0.4, 0.5) is 5.69 Å². The minimum atomic E-state index is -3.97. The second kappa shape index (κ2) is 8.87. The Bertz CT molecular complexity index is 1400. The third kappa shape index (κ3) is 4.75. The maximum atomic E-state index is 12.7. The van der Waals surface area contributed by atoms with Crippen molar-refractivity contribution in [3.8, 4) is 0 Å². The van der Waals surface area contributed by atoms with Gasteiger partial charge in [-0.05, 0) is 53.6 Å². The zero-order valence-electron chi connectivity index (χ0n) is 16.6. The van der Waals surface area contributed by atoms with Gasteiger partial charge < -0.3 is 0 Å². The molecule has 1 aromatic heterocycles. The van der Waals surface area contributed by atoms with Crippen molar-refractivity contribution in [2.75, 3.05) is 4.72 Å². The molecular formula is C21H19N3O5S3. The van der Waals surface area contributed by atoms with E-state index in [2.05, 4.69) is 15.0 Å². The molecule has 3 aromatic rings. The molecule has 32 heavy (non-hydrogen) atoms. The Kier molecular flexibility index (Phi) is 6.15. The number of allylic oxidation sites excluding steroid dienone is 1. The van der Waals surface area contributed by atoms with Crippen LogP contribution in [0.3, 0.4) is 0 Å². The molecule has 166 valence electrons. The van der Waals surface area contributed by atoms with Gasteiger partial charge in [-0.1, -0.05) is 42.5 Å². The van der Waals surface area contributed by atoms with Crippen LogP contribution in [0.1, 0.15) is 27.9 Å². The normalized spacial score (nSPS) is 13.7. The van der Waals surface area contributed by atoms with Crippen LogP contribution in [0.15, 0.2) is 75.2 Å². The number of benzene rings is 2. The lowest BCUT2D eigenvalue weighted by Crippen LogP contribution is -2.42. The Morgan fingerprint density at radius 2 is 1.59 bits per heavy atom. The highest BCUT2D eigenvalue weighted by atomic mass is 32.2. The summed E-state index contributed by atoms with van der Waals surface area (Å²) in [4.78, 5) is 14.9. The highest BCUT2D eigenvalue weighted by Crippen LogP contribution is 2.26. The molecule has 3 N–H and O–H groups in total. The van der Waals surface area contributed by atoms with Crippen molar-refractivity contribution < 1.29 is 21.6 Å². The molecule has 0 radical (unpaired) electrons. The van der Waals surface area contributed by atoms with Gasteiger partial charge in [-0.15, -0.1) is 16.2 Å². The topological polar surface area (TPSA) is 121 Å². The number of hydrazine groups is 1. The minimum absolute atomic E-state index is 0.0294. The molecular weight excluding hydrogens is 470 g/mol. The van der Waals surface area contributed by atoms with Crippen LogP contribution in [-0.4, -0.2) is 22.7 Å². The summed E-state index contributed by atoms with van der Waals surface area (Å²) in [6, 6.07) is 16.5. The number of amides is 1. The van der Waals surface area contributed by atoms with Crippen LogP contribution in [0.25, 0.3) is 6.08 Å². The number of hydrogen-bond donors (Lipinski definition) is 3. The van der Waals surface area contributed by atoms with Gasteiger partial charge in [0.15, 0.2) is 0 Å². The van der Waals surface area contributed by atoms with Gasteiger partial charge in [-0.2, -0.15) is 0 Å². The molecule has 0 unspecified atom stereocenters. The summed E-state index contributed by atoms with van der Waals surface area (Å²) in [6.07, 6.45) is 2.46. The number of nitrogens with one attached hydrogen (secondary N) is 3. The number of thiophene rings is 1. The van der Waals surface area contributed by atoms with E-state index in [0.717, 1.165) is 22.5 Å². The summed E-state index contributed by atoms with van der Waals surface area (Å²) >= 11 is 1.04. The molecule has 0 saturated heterocycles. The van der Waals surface area contributed by atoms with Crippen molar-refractivity contribution in [3.63, 3.8) is 0 Å². The van der Waals surface area contributed by atoms with E-state index < -0.39 is 26.0 Å². The third-order valence-corrected chi connectivity index (χ3v) is 8.98. The Labute approximate surface area is 190 Å². The Morgan fingerprint density at radius 1 is 0.844 bits per heavy atom. The SMILES string of the molecule is O=C(NNS(=O)(=O)C1=Cc2ccccc2CC1)c1ccccc1NS(=O)(=O)c1cccs1. The minimum Gasteiger partial charge on any atom is -0.278 e. The van der Waals surface area contributed by atoms with E-state index in [-0.39, 0.29) is 20.4 Å². The third-order valence-electron chi connectivity index (χ3n) is 4.83. The monoisotopic (exact) mass is 489 g/mol. The summed E-state index contributed by atoms with van der Waals surface area (Å²) in [5.74, 6) is -0.796. The van der Waals surface area contributed by atoms with Gasteiger partial charge in [-0.25, -0.2) is 16.8 Å². The van der Waals surface area contributed by atoms with Crippen LogP contribution >= 0.6 is 11.3 Å². The smallest absolute Gasteiger partial charge is 0.271 e. The number of carbonyl (C=O) groups is 1. The summed E-state index contributed by atoms with van der Waals surface area (Å²) in [7, 11) is -7.84. The summed E-state index contributed by atoms with van der Waals surface area (Å²) in [5.41, 5.74) is 4.05. The molecule has 1 heterocycles. The molecule has 0 bridgehead atoms. The van der Waals surface area contributed by atoms with Gasteiger partial charge >= 0.3 is 0 Å². The largest absolute Gasteiger partial charge is 0.278 e. The Balaban J connectivity index is 1.50. The van der Waals surface area contributed by atoms with Gasteiger partial charge in [-0.3, -0.25) is 14.9 Å². The van der Waals surface area contributed by atoms with Crippen molar-refractivity contribution in [1.82, 2.24) is 10.3 Å². The second-order valence-electron chi connectivity index (χ2n) is 6.95. The Hall–Kier alpha value is -2.99. The average molecular weight is 490 g/mol. The highest BCUT2D eigenvalue weighted by Gasteiger charge is 2.24. The van der Waals surface area contributed by atoms with Gasteiger partial charge in [0.2, 0.25) is 0 Å². The van der Waals surface area contributed by atoms with Crippen molar-refractivity contribution in [2.45, 2.75) is 17.1 Å². The quantitative estimate of drug-likeness (QED) is 0.440. The number of anilines is 1.